The molecule has 0 unspecified atom stereocenters. The van der Waals surface area contributed by atoms with Gasteiger partial charge in [0.1, 0.15) is 11.6 Å². The van der Waals surface area contributed by atoms with Crippen molar-refractivity contribution >= 4 is 34.4 Å². The fourth-order valence-corrected chi connectivity index (χ4v) is 2.08. The number of benzene rings is 1. The highest BCUT2D eigenvalue weighted by molar-refractivity contribution is 14.1. The van der Waals surface area contributed by atoms with Crippen LogP contribution in [0.4, 0.5) is 10.2 Å². The van der Waals surface area contributed by atoms with Crippen LogP contribution in [0.5, 0.6) is 0 Å². The molecule has 0 bridgehead atoms. The van der Waals surface area contributed by atoms with Crippen molar-refractivity contribution in [2.24, 2.45) is 0 Å². The van der Waals surface area contributed by atoms with Crippen LogP contribution in [0.2, 0.25) is 0 Å². The van der Waals surface area contributed by atoms with Crippen LogP contribution in [0, 0.1) is 9.39 Å². The Morgan fingerprint density at radius 3 is 2.68 bits per heavy atom. The van der Waals surface area contributed by atoms with E-state index in [4.69, 9.17) is 10.5 Å². The molecule has 1 heterocycles. The third-order valence-corrected chi connectivity index (χ3v) is 3.46. The smallest absolute Gasteiger partial charge is 0.360 e. The Morgan fingerprint density at radius 2 is 2.11 bits per heavy atom. The first-order valence-corrected chi connectivity index (χ1v) is 6.59. The molecule has 2 aromatic rings. The number of anilines is 1. The lowest BCUT2D eigenvalue weighted by molar-refractivity contribution is 0.0517. The van der Waals surface area contributed by atoms with Crippen LogP contribution < -0.4 is 5.73 Å². The Morgan fingerprint density at radius 1 is 1.47 bits per heavy atom. The van der Waals surface area contributed by atoms with Gasteiger partial charge < -0.3 is 10.5 Å². The summed E-state index contributed by atoms with van der Waals surface area (Å²) in [5, 5.41) is 4.11. The second kappa shape index (κ2) is 5.55. The Labute approximate surface area is 122 Å². The molecule has 5 nitrogen and oxygen atoms in total. The van der Waals surface area contributed by atoms with E-state index < -0.39 is 5.97 Å². The van der Waals surface area contributed by atoms with E-state index in [9.17, 15) is 9.18 Å². The second-order valence-corrected chi connectivity index (χ2v) is 4.74. The summed E-state index contributed by atoms with van der Waals surface area (Å²) in [6.07, 6.45) is 0. The zero-order chi connectivity index (χ0) is 14.0. The first-order valence-electron chi connectivity index (χ1n) is 5.51. The molecule has 1 aromatic heterocycles. The minimum Gasteiger partial charge on any atom is -0.461 e. The zero-order valence-electron chi connectivity index (χ0n) is 10.1. The van der Waals surface area contributed by atoms with Crippen molar-refractivity contribution in [1.29, 1.82) is 0 Å². The monoisotopic (exact) mass is 375 g/mol. The molecule has 2 rings (SSSR count). The van der Waals surface area contributed by atoms with Crippen LogP contribution in [-0.2, 0) is 4.74 Å². The molecule has 0 fully saturated rings. The van der Waals surface area contributed by atoms with Gasteiger partial charge in [0.15, 0.2) is 5.69 Å². The van der Waals surface area contributed by atoms with E-state index in [1.165, 1.54) is 28.9 Å². The van der Waals surface area contributed by atoms with Crippen molar-refractivity contribution in [3.8, 4) is 5.69 Å². The van der Waals surface area contributed by atoms with Gasteiger partial charge in [-0.2, -0.15) is 5.10 Å². The van der Waals surface area contributed by atoms with Crippen LogP contribution in [0.1, 0.15) is 17.4 Å². The van der Waals surface area contributed by atoms with Crippen LogP contribution in [0.3, 0.4) is 0 Å². The molecule has 0 spiro atoms. The maximum absolute atomic E-state index is 12.9. The van der Waals surface area contributed by atoms with E-state index in [1.807, 2.05) is 22.6 Å². The number of nitrogens with zero attached hydrogens (tertiary/aromatic N) is 2. The molecule has 19 heavy (non-hydrogen) atoms. The fraction of sp³-hybridized carbons (Fsp3) is 0.167. The number of nitrogen functional groups attached to an aromatic ring is 1. The van der Waals surface area contributed by atoms with Gasteiger partial charge in [-0.15, -0.1) is 0 Å². The Balaban J connectivity index is 2.45. The van der Waals surface area contributed by atoms with E-state index in [-0.39, 0.29) is 18.1 Å². The van der Waals surface area contributed by atoms with Crippen molar-refractivity contribution in [2.45, 2.75) is 6.92 Å². The normalized spacial score (nSPS) is 10.5. The van der Waals surface area contributed by atoms with Gasteiger partial charge in [-0.3, -0.25) is 0 Å². The van der Waals surface area contributed by atoms with Crippen molar-refractivity contribution in [3.05, 3.63) is 39.3 Å². The number of hydrogen-bond acceptors (Lipinski definition) is 4. The molecule has 0 saturated carbocycles. The van der Waals surface area contributed by atoms with E-state index in [0.717, 1.165) is 0 Å². The Kier molecular flexibility index (Phi) is 4.03. The predicted molar refractivity (Wildman–Crippen MR) is 76.6 cm³/mol. The van der Waals surface area contributed by atoms with Crippen molar-refractivity contribution in [2.75, 3.05) is 12.3 Å². The fourth-order valence-electron chi connectivity index (χ4n) is 1.52. The number of esters is 1. The SMILES string of the molecule is CCOC(=O)c1nn(-c2ccc(F)cc2)c(N)c1I. The molecule has 100 valence electrons. The van der Waals surface area contributed by atoms with E-state index in [0.29, 0.717) is 15.1 Å². The van der Waals surface area contributed by atoms with E-state index in [1.54, 1.807) is 6.92 Å². The van der Waals surface area contributed by atoms with Crippen LogP contribution in [0.15, 0.2) is 24.3 Å². The molecule has 0 amide bonds. The van der Waals surface area contributed by atoms with Gasteiger partial charge in [-0.1, -0.05) is 0 Å². The molecule has 7 heteroatoms. The first kappa shape index (κ1) is 13.8. The number of carbonyl (C=O) groups excluding carboxylic acids is 1. The van der Waals surface area contributed by atoms with Crippen molar-refractivity contribution < 1.29 is 13.9 Å². The number of nitrogens with two attached hydrogens (primary N) is 1. The second-order valence-electron chi connectivity index (χ2n) is 3.66. The van der Waals surface area contributed by atoms with Gasteiger partial charge in [0.2, 0.25) is 0 Å². The lowest BCUT2D eigenvalue weighted by Gasteiger charge is -2.03. The highest BCUT2D eigenvalue weighted by atomic mass is 127. The summed E-state index contributed by atoms with van der Waals surface area (Å²) >= 11 is 1.93. The number of halogens is 2. The molecule has 1 aromatic carbocycles. The lowest BCUT2D eigenvalue weighted by Crippen LogP contribution is -2.07. The largest absolute Gasteiger partial charge is 0.461 e. The average molecular weight is 375 g/mol. The molecular weight excluding hydrogens is 364 g/mol. The quantitative estimate of drug-likeness (QED) is 0.661. The summed E-state index contributed by atoms with van der Waals surface area (Å²) in [5.41, 5.74) is 6.63. The molecule has 0 atom stereocenters. The molecular formula is C12H11FIN3O2. The molecule has 0 aliphatic carbocycles. The van der Waals surface area contributed by atoms with Gasteiger partial charge in [0, 0.05) is 0 Å². The summed E-state index contributed by atoms with van der Waals surface area (Å²) in [6, 6.07) is 5.66. The summed E-state index contributed by atoms with van der Waals surface area (Å²) in [4.78, 5) is 11.7. The topological polar surface area (TPSA) is 70.1 Å². The van der Waals surface area contributed by atoms with Gasteiger partial charge in [0.25, 0.3) is 0 Å². The number of ether oxygens (including phenoxy) is 1. The lowest BCUT2D eigenvalue weighted by atomic mass is 10.3. The third kappa shape index (κ3) is 2.70. The Bertz CT molecular complexity index is 610. The average Bonchev–Trinajstić information content (AvgIpc) is 2.68. The highest BCUT2D eigenvalue weighted by Crippen LogP contribution is 2.23. The summed E-state index contributed by atoms with van der Waals surface area (Å²) < 4.78 is 19.7. The number of hydrogen-bond donors (Lipinski definition) is 1. The van der Waals surface area contributed by atoms with E-state index >= 15 is 0 Å². The highest BCUT2D eigenvalue weighted by Gasteiger charge is 2.21. The number of rotatable bonds is 3. The molecule has 0 saturated heterocycles. The maximum atomic E-state index is 12.9. The molecule has 0 radical (unpaired) electrons. The zero-order valence-corrected chi connectivity index (χ0v) is 12.2. The van der Waals surface area contributed by atoms with Crippen LogP contribution in [-0.4, -0.2) is 22.4 Å². The van der Waals surface area contributed by atoms with Gasteiger partial charge in [-0.25, -0.2) is 13.9 Å². The number of aromatic nitrogens is 2. The van der Waals surface area contributed by atoms with Gasteiger partial charge in [-0.05, 0) is 53.8 Å². The maximum Gasteiger partial charge on any atom is 0.360 e. The molecule has 0 aliphatic rings. The summed E-state index contributed by atoms with van der Waals surface area (Å²) in [7, 11) is 0. The van der Waals surface area contributed by atoms with E-state index in [2.05, 4.69) is 5.10 Å². The summed E-state index contributed by atoms with van der Waals surface area (Å²) in [6.45, 7) is 1.98. The van der Waals surface area contributed by atoms with Gasteiger partial charge in [0.05, 0.1) is 15.9 Å². The van der Waals surface area contributed by atoms with Crippen molar-refractivity contribution in [1.82, 2.24) is 9.78 Å². The minimum atomic E-state index is -0.528. The van der Waals surface area contributed by atoms with Gasteiger partial charge >= 0.3 is 5.97 Å². The standard InChI is InChI=1S/C12H11FIN3O2/c1-2-19-12(18)10-9(14)11(15)17(16-10)8-5-3-7(13)4-6-8/h3-6H,2,15H2,1H3. The predicted octanol–water partition coefficient (Wildman–Crippen LogP) is 2.37. The Hall–Kier alpha value is -1.64. The first-order chi connectivity index (χ1) is 9.04. The minimum absolute atomic E-state index is 0.157. The number of carbonyl (C=O) groups is 1. The van der Waals surface area contributed by atoms with Crippen LogP contribution in [0.25, 0.3) is 5.69 Å². The molecule has 2 N–H and O–H groups in total. The third-order valence-electron chi connectivity index (χ3n) is 2.40. The molecule has 0 aliphatic heterocycles. The van der Waals surface area contributed by atoms with Crippen molar-refractivity contribution in [3.63, 3.8) is 0 Å². The van der Waals surface area contributed by atoms with Crippen LogP contribution >= 0.6 is 22.6 Å². The summed E-state index contributed by atoms with van der Waals surface area (Å²) in [5.74, 6) is -0.565.